The summed E-state index contributed by atoms with van der Waals surface area (Å²) in [5, 5.41) is 3.34. The average Bonchev–Trinajstić information content (AvgIpc) is 2.82. The highest BCUT2D eigenvalue weighted by Gasteiger charge is 2.15. The van der Waals surface area contributed by atoms with Crippen LogP contribution in [0.15, 0.2) is 24.3 Å². The van der Waals surface area contributed by atoms with Crippen LogP contribution in [0.4, 0.5) is 5.69 Å². The number of nitrogens with one attached hydrogen (secondary N) is 1. The zero-order valence-electron chi connectivity index (χ0n) is 12.3. The molecule has 1 unspecified atom stereocenters. The van der Waals surface area contributed by atoms with E-state index in [1.54, 1.807) is 0 Å². The Morgan fingerprint density at radius 2 is 1.90 bits per heavy atom. The fourth-order valence-corrected chi connectivity index (χ4v) is 3.73. The van der Waals surface area contributed by atoms with Crippen LogP contribution in [0, 0.1) is 0 Å². The summed E-state index contributed by atoms with van der Waals surface area (Å²) in [4.78, 5) is 2.45. The van der Waals surface area contributed by atoms with Gasteiger partial charge in [0, 0.05) is 24.5 Å². The molecule has 4 nitrogen and oxygen atoms in total. The lowest BCUT2D eigenvalue weighted by Gasteiger charge is -2.21. The van der Waals surface area contributed by atoms with Crippen molar-refractivity contribution in [2.24, 2.45) is 0 Å². The molecule has 1 fully saturated rings. The molecule has 0 aromatic heterocycles. The Bertz CT molecular complexity index is 537. The number of anilines is 1. The molecular formula is C15H24N2O2S. The summed E-state index contributed by atoms with van der Waals surface area (Å²) in [6.45, 7) is 5.17. The van der Waals surface area contributed by atoms with E-state index in [0.717, 1.165) is 25.3 Å². The molecule has 1 atom stereocenters. The first kappa shape index (κ1) is 15.3. The maximum absolute atomic E-state index is 11.3. The summed E-state index contributed by atoms with van der Waals surface area (Å²) in [7, 11) is -2.95. The molecule has 0 amide bonds. The van der Waals surface area contributed by atoms with Crippen molar-refractivity contribution in [3.05, 3.63) is 29.8 Å². The van der Waals surface area contributed by atoms with Gasteiger partial charge < -0.3 is 5.32 Å². The number of hydrogen-bond acceptors (Lipinski definition) is 4. The van der Waals surface area contributed by atoms with E-state index in [-0.39, 0.29) is 11.8 Å². The predicted octanol–water partition coefficient (Wildman–Crippen LogP) is 2.13. The van der Waals surface area contributed by atoms with E-state index in [4.69, 9.17) is 0 Å². The summed E-state index contributed by atoms with van der Waals surface area (Å²) in [6.07, 6.45) is 3.83. The van der Waals surface area contributed by atoms with E-state index in [9.17, 15) is 8.42 Å². The van der Waals surface area contributed by atoms with Crippen LogP contribution in [0.5, 0.6) is 0 Å². The second-order valence-electron chi connectivity index (χ2n) is 5.78. The molecule has 1 aliphatic heterocycles. The zero-order valence-corrected chi connectivity index (χ0v) is 13.1. The number of sulfone groups is 1. The van der Waals surface area contributed by atoms with Crippen molar-refractivity contribution in [3.63, 3.8) is 0 Å². The van der Waals surface area contributed by atoms with Gasteiger partial charge in [-0.05, 0) is 44.5 Å². The van der Waals surface area contributed by atoms with Gasteiger partial charge in [-0.1, -0.05) is 18.2 Å². The Morgan fingerprint density at radius 1 is 1.25 bits per heavy atom. The molecule has 0 radical (unpaired) electrons. The van der Waals surface area contributed by atoms with E-state index in [1.165, 1.54) is 24.7 Å². The lowest BCUT2D eigenvalue weighted by Crippen LogP contribution is -2.26. The molecule has 112 valence electrons. The van der Waals surface area contributed by atoms with Crippen LogP contribution in [-0.2, 0) is 16.4 Å². The van der Waals surface area contributed by atoms with Gasteiger partial charge in [0.05, 0.1) is 5.75 Å². The van der Waals surface area contributed by atoms with Crippen LogP contribution in [0.1, 0.15) is 25.3 Å². The van der Waals surface area contributed by atoms with Crippen molar-refractivity contribution < 1.29 is 8.42 Å². The Balaban J connectivity index is 2.03. The third kappa shape index (κ3) is 4.80. The molecule has 5 heteroatoms. The first-order valence-corrected chi connectivity index (χ1v) is 9.24. The van der Waals surface area contributed by atoms with E-state index in [0.29, 0.717) is 0 Å². The fourth-order valence-electron chi connectivity index (χ4n) is 2.74. The van der Waals surface area contributed by atoms with Gasteiger partial charge >= 0.3 is 0 Å². The summed E-state index contributed by atoms with van der Waals surface area (Å²) >= 11 is 0. The van der Waals surface area contributed by atoms with Crippen LogP contribution >= 0.6 is 0 Å². The molecule has 20 heavy (non-hydrogen) atoms. The Labute approximate surface area is 122 Å². The third-order valence-corrected chi connectivity index (χ3v) is 4.67. The molecule has 1 saturated heterocycles. The standard InChI is InChI=1S/C15H24N2O2S/c1-13(12-20(2,18)19)16-15-8-4-3-7-14(15)11-17-9-5-6-10-17/h3-4,7-8,13,16H,5-6,9-12H2,1-2H3. The number of para-hydroxylation sites is 1. The number of hydrogen-bond donors (Lipinski definition) is 1. The molecule has 0 aliphatic carbocycles. The van der Waals surface area contributed by atoms with Crippen molar-refractivity contribution in [1.29, 1.82) is 0 Å². The van der Waals surface area contributed by atoms with Gasteiger partial charge in [-0.25, -0.2) is 8.42 Å². The van der Waals surface area contributed by atoms with Crippen molar-refractivity contribution in [3.8, 4) is 0 Å². The van der Waals surface area contributed by atoms with Gasteiger partial charge in [-0.2, -0.15) is 0 Å². The minimum absolute atomic E-state index is 0.0790. The minimum Gasteiger partial charge on any atom is -0.381 e. The quantitative estimate of drug-likeness (QED) is 0.873. The highest BCUT2D eigenvalue weighted by Crippen LogP contribution is 2.20. The number of rotatable bonds is 6. The van der Waals surface area contributed by atoms with E-state index in [2.05, 4.69) is 16.3 Å². The fraction of sp³-hybridized carbons (Fsp3) is 0.600. The maximum Gasteiger partial charge on any atom is 0.149 e. The summed E-state index contributed by atoms with van der Waals surface area (Å²) in [5.74, 6) is 0.158. The first-order chi connectivity index (χ1) is 9.44. The van der Waals surface area contributed by atoms with Gasteiger partial charge in [0.1, 0.15) is 9.84 Å². The van der Waals surface area contributed by atoms with Crippen LogP contribution in [0.2, 0.25) is 0 Å². The van der Waals surface area contributed by atoms with Crippen LogP contribution in [-0.4, -0.2) is 44.5 Å². The number of benzene rings is 1. The molecule has 1 aromatic carbocycles. The second-order valence-corrected chi connectivity index (χ2v) is 7.96. The van der Waals surface area contributed by atoms with Crippen molar-refractivity contribution in [2.45, 2.75) is 32.4 Å². The lowest BCUT2D eigenvalue weighted by atomic mass is 10.1. The minimum atomic E-state index is -2.95. The second kappa shape index (κ2) is 6.59. The Hall–Kier alpha value is -1.07. The van der Waals surface area contributed by atoms with Crippen LogP contribution in [0.3, 0.4) is 0 Å². The first-order valence-electron chi connectivity index (χ1n) is 7.18. The van der Waals surface area contributed by atoms with E-state index >= 15 is 0 Å². The third-order valence-electron chi connectivity index (χ3n) is 3.56. The zero-order chi connectivity index (χ0) is 14.6. The Morgan fingerprint density at radius 3 is 2.55 bits per heavy atom. The monoisotopic (exact) mass is 296 g/mol. The van der Waals surface area contributed by atoms with Gasteiger partial charge in [0.2, 0.25) is 0 Å². The van der Waals surface area contributed by atoms with Gasteiger partial charge in [-0.15, -0.1) is 0 Å². The molecule has 1 heterocycles. The molecule has 0 saturated carbocycles. The number of nitrogens with zero attached hydrogens (tertiary/aromatic N) is 1. The molecule has 1 aliphatic rings. The van der Waals surface area contributed by atoms with E-state index < -0.39 is 9.84 Å². The highest BCUT2D eigenvalue weighted by atomic mass is 32.2. The topological polar surface area (TPSA) is 49.4 Å². The van der Waals surface area contributed by atoms with Crippen molar-refractivity contribution in [2.75, 3.05) is 30.4 Å². The molecule has 1 N–H and O–H groups in total. The van der Waals surface area contributed by atoms with Gasteiger partial charge in [0.15, 0.2) is 0 Å². The number of likely N-dealkylation sites (tertiary alicyclic amines) is 1. The van der Waals surface area contributed by atoms with Gasteiger partial charge in [-0.3, -0.25) is 4.90 Å². The molecule has 2 rings (SSSR count). The SMILES string of the molecule is CC(CS(C)(=O)=O)Nc1ccccc1CN1CCCC1. The molecule has 0 spiro atoms. The lowest BCUT2D eigenvalue weighted by molar-refractivity contribution is 0.332. The maximum atomic E-state index is 11.3. The van der Waals surface area contributed by atoms with Crippen molar-refractivity contribution in [1.82, 2.24) is 4.90 Å². The Kier molecular flexibility index (Phi) is 5.05. The van der Waals surface area contributed by atoms with E-state index in [1.807, 2.05) is 25.1 Å². The van der Waals surface area contributed by atoms with Crippen molar-refractivity contribution >= 4 is 15.5 Å². The molecule has 0 bridgehead atoms. The summed E-state index contributed by atoms with van der Waals surface area (Å²) < 4.78 is 22.7. The summed E-state index contributed by atoms with van der Waals surface area (Å²) in [5.41, 5.74) is 2.30. The molecule has 1 aromatic rings. The van der Waals surface area contributed by atoms with Gasteiger partial charge in [0.25, 0.3) is 0 Å². The van der Waals surface area contributed by atoms with Crippen LogP contribution in [0.25, 0.3) is 0 Å². The average molecular weight is 296 g/mol. The van der Waals surface area contributed by atoms with Crippen LogP contribution < -0.4 is 5.32 Å². The summed E-state index contributed by atoms with van der Waals surface area (Å²) in [6, 6.07) is 8.10. The normalized spacial score (nSPS) is 18.1. The smallest absolute Gasteiger partial charge is 0.149 e. The highest BCUT2D eigenvalue weighted by molar-refractivity contribution is 7.90. The largest absolute Gasteiger partial charge is 0.381 e. The predicted molar refractivity (Wildman–Crippen MR) is 83.7 cm³/mol. The molecular weight excluding hydrogens is 272 g/mol.